The molecule has 0 spiro atoms. The zero-order valence-electron chi connectivity index (χ0n) is 8.34. The van der Waals surface area contributed by atoms with E-state index in [0.29, 0.717) is 0 Å². The molecular weight excluding hydrogens is 190 g/mol. The quantitative estimate of drug-likeness (QED) is 0.811. The summed E-state index contributed by atoms with van der Waals surface area (Å²) in [6.45, 7) is 0. The molecule has 0 saturated heterocycles. The second-order valence-electron chi connectivity index (χ2n) is 3.13. The molecule has 0 aliphatic heterocycles. The van der Waals surface area contributed by atoms with Crippen LogP contribution in [0.3, 0.4) is 0 Å². The summed E-state index contributed by atoms with van der Waals surface area (Å²) in [5, 5.41) is 9.12. The van der Waals surface area contributed by atoms with Crippen molar-refractivity contribution in [1.29, 1.82) is 0 Å². The van der Waals surface area contributed by atoms with Gasteiger partial charge in [-0.25, -0.2) is 0 Å². The van der Waals surface area contributed by atoms with Crippen LogP contribution in [0, 0.1) is 0 Å². The number of rotatable bonds is 2. The van der Waals surface area contributed by atoms with Crippen molar-refractivity contribution in [2.24, 2.45) is 0 Å². The molecule has 1 N–H and O–H groups in total. The number of benzene rings is 1. The van der Waals surface area contributed by atoms with Crippen molar-refractivity contribution in [3.63, 3.8) is 0 Å². The van der Waals surface area contributed by atoms with Gasteiger partial charge >= 0.3 is 0 Å². The maximum Gasteiger partial charge on any atom is 0.133 e. The number of nitrogens with zero attached hydrogens (tertiary/aromatic N) is 1. The maximum absolute atomic E-state index is 9.12. The van der Waals surface area contributed by atoms with Crippen LogP contribution in [0.5, 0.6) is 11.5 Å². The van der Waals surface area contributed by atoms with Crippen molar-refractivity contribution in [3.05, 3.63) is 42.6 Å². The Labute approximate surface area is 88.0 Å². The minimum absolute atomic E-state index is 0.168. The monoisotopic (exact) mass is 201 g/mol. The zero-order chi connectivity index (χ0) is 10.7. The summed E-state index contributed by atoms with van der Waals surface area (Å²) < 4.78 is 5.12. The first-order valence-corrected chi connectivity index (χ1v) is 4.59. The molecule has 0 aliphatic carbocycles. The number of hydrogen-bond donors (Lipinski definition) is 1. The van der Waals surface area contributed by atoms with Gasteiger partial charge in [-0.1, -0.05) is 12.1 Å². The molecule has 3 nitrogen and oxygen atoms in total. The highest BCUT2D eigenvalue weighted by atomic mass is 16.5. The molecule has 0 aliphatic rings. The van der Waals surface area contributed by atoms with E-state index < -0.39 is 0 Å². The van der Waals surface area contributed by atoms with Crippen LogP contribution in [-0.2, 0) is 0 Å². The number of hydrogen-bond acceptors (Lipinski definition) is 3. The van der Waals surface area contributed by atoms with E-state index in [1.807, 2.05) is 24.3 Å². The summed E-state index contributed by atoms with van der Waals surface area (Å²) >= 11 is 0. The number of aromatic hydroxyl groups is 1. The van der Waals surface area contributed by atoms with Crippen LogP contribution in [0.4, 0.5) is 0 Å². The summed E-state index contributed by atoms with van der Waals surface area (Å²) in [6.07, 6.45) is 1.43. The van der Waals surface area contributed by atoms with Crippen molar-refractivity contribution < 1.29 is 9.84 Å². The van der Waals surface area contributed by atoms with E-state index in [1.54, 1.807) is 19.2 Å². The minimum Gasteiger partial charge on any atom is -0.506 e. The van der Waals surface area contributed by atoms with Crippen LogP contribution in [-0.4, -0.2) is 17.2 Å². The Morgan fingerprint density at radius 2 is 2.07 bits per heavy atom. The van der Waals surface area contributed by atoms with Crippen LogP contribution >= 0.6 is 0 Å². The predicted octanol–water partition coefficient (Wildman–Crippen LogP) is 2.46. The van der Waals surface area contributed by atoms with E-state index >= 15 is 0 Å². The van der Waals surface area contributed by atoms with Crippen molar-refractivity contribution in [2.75, 3.05) is 7.11 Å². The first kappa shape index (κ1) is 9.52. The van der Waals surface area contributed by atoms with Gasteiger partial charge in [-0.05, 0) is 24.3 Å². The minimum atomic E-state index is 0.168. The molecule has 0 bridgehead atoms. The second-order valence-corrected chi connectivity index (χ2v) is 3.13. The maximum atomic E-state index is 9.12. The van der Waals surface area contributed by atoms with Gasteiger partial charge in [0.15, 0.2) is 0 Å². The third-order valence-corrected chi connectivity index (χ3v) is 2.11. The fourth-order valence-corrected chi connectivity index (χ4v) is 1.34. The summed E-state index contributed by atoms with van der Waals surface area (Å²) in [6, 6.07) is 11.0. The molecule has 1 aromatic heterocycles. The van der Waals surface area contributed by atoms with Gasteiger partial charge in [-0.3, -0.25) is 4.98 Å². The highest BCUT2D eigenvalue weighted by molar-refractivity contribution is 5.61. The molecule has 2 rings (SSSR count). The van der Waals surface area contributed by atoms with Gasteiger partial charge in [0.25, 0.3) is 0 Å². The van der Waals surface area contributed by atoms with E-state index in [-0.39, 0.29) is 5.75 Å². The lowest BCUT2D eigenvalue weighted by Gasteiger charge is -2.03. The fraction of sp³-hybridized carbons (Fsp3) is 0.0833. The largest absolute Gasteiger partial charge is 0.506 e. The van der Waals surface area contributed by atoms with Crippen LogP contribution in [0.2, 0.25) is 0 Å². The van der Waals surface area contributed by atoms with E-state index in [2.05, 4.69) is 4.98 Å². The Bertz CT molecular complexity index is 451. The third kappa shape index (κ3) is 2.07. The summed E-state index contributed by atoms with van der Waals surface area (Å²) in [4.78, 5) is 4.12. The van der Waals surface area contributed by atoms with Crippen molar-refractivity contribution in [3.8, 4) is 22.8 Å². The number of methoxy groups -OCH3 is 1. The van der Waals surface area contributed by atoms with Gasteiger partial charge in [0, 0.05) is 5.56 Å². The molecule has 0 saturated carbocycles. The Kier molecular flexibility index (Phi) is 2.54. The van der Waals surface area contributed by atoms with E-state index in [9.17, 15) is 0 Å². The predicted molar refractivity (Wildman–Crippen MR) is 57.9 cm³/mol. The average Bonchev–Trinajstić information content (AvgIpc) is 2.30. The lowest BCUT2D eigenvalue weighted by atomic mass is 10.1. The molecule has 1 aromatic carbocycles. The van der Waals surface area contributed by atoms with Gasteiger partial charge in [-0.15, -0.1) is 0 Å². The van der Waals surface area contributed by atoms with Crippen LogP contribution < -0.4 is 4.74 Å². The summed E-state index contributed by atoms with van der Waals surface area (Å²) in [5.41, 5.74) is 1.78. The molecule has 3 heteroatoms. The van der Waals surface area contributed by atoms with Crippen LogP contribution in [0.1, 0.15) is 0 Å². The van der Waals surface area contributed by atoms with Gasteiger partial charge in [0.2, 0.25) is 0 Å². The topological polar surface area (TPSA) is 42.4 Å². The Morgan fingerprint density at radius 1 is 1.20 bits per heavy atom. The van der Waals surface area contributed by atoms with E-state index in [4.69, 9.17) is 9.84 Å². The third-order valence-electron chi connectivity index (χ3n) is 2.11. The average molecular weight is 201 g/mol. The van der Waals surface area contributed by atoms with Crippen LogP contribution in [0.15, 0.2) is 42.6 Å². The van der Waals surface area contributed by atoms with Crippen LogP contribution in [0.25, 0.3) is 11.3 Å². The highest BCUT2D eigenvalue weighted by Gasteiger charge is 2.00. The summed E-state index contributed by atoms with van der Waals surface area (Å²) in [5.74, 6) is 0.962. The molecule has 76 valence electrons. The fourth-order valence-electron chi connectivity index (χ4n) is 1.34. The van der Waals surface area contributed by atoms with Gasteiger partial charge in [-0.2, -0.15) is 0 Å². The van der Waals surface area contributed by atoms with Gasteiger partial charge in [0.05, 0.1) is 19.0 Å². The number of aromatic nitrogens is 1. The van der Waals surface area contributed by atoms with E-state index in [1.165, 1.54) is 6.20 Å². The molecular formula is C12H11NO2. The first-order valence-electron chi connectivity index (χ1n) is 4.59. The van der Waals surface area contributed by atoms with Gasteiger partial charge < -0.3 is 9.84 Å². The SMILES string of the molecule is COc1cccc(-c2ccc(O)cn2)c1. The van der Waals surface area contributed by atoms with E-state index in [0.717, 1.165) is 17.0 Å². The lowest BCUT2D eigenvalue weighted by molar-refractivity contribution is 0.415. The Hall–Kier alpha value is -2.03. The van der Waals surface area contributed by atoms with Crippen molar-refractivity contribution in [1.82, 2.24) is 4.98 Å². The highest BCUT2D eigenvalue weighted by Crippen LogP contribution is 2.22. The second kappa shape index (κ2) is 4.00. The van der Waals surface area contributed by atoms with Crippen molar-refractivity contribution in [2.45, 2.75) is 0 Å². The smallest absolute Gasteiger partial charge is 0.133 e. The molecule has 0 atom stereocenters. The lowest BCUT2D eigenvalue weighted by Crippen LogP contribution is -1.85. The normalized spacial score (nSPS) is 9.93. The molecule has 2 aromatic rings. The zero-order valence-corrected chi connectivity index (χ0v) is 8.34. The molecule has 15 heavy (non-hydrogen) atoms. The molecule has 0 radical (unpaired) electrons. The molecule has 0 fully saturated rings. The first-order chi connectivity index (χ1) is 7.29. The standard InChI is InChI=1S/C12H11NO2/c1-15-11-4-2-3-9(7-11)12-6-5-10(14)8-13-12/h2-8,14H,1H3. The Balaban J connectivity index is 2.40. The number of pyridine rings is 1. The Morgan fingerprint density at radius 3 is 2.73 bits per heavy atom. The number of ether oxygens (including phenoxy) is 1. The van der Waals surface area contributed by atoms with Gasteiger partial charge in [0.1, 0.15) is 11.5 Å². The molecule has 1 heterocycles. The summed E-state index contributed by atoms with van der Waals surface area (Å²) in [7, 11) is 1.63. The van der Waals surface area contributed by atoms with Crippen molar-refractivity contribution >= 4 is 0 Å². The molecule has 0 unspecified atom stereocenters. The molecule has 0 amide bonds.